The largest absolute Gasteiger partial charge is 0.303 e. The molecule has 12 heavy (non-hydrogen) atoms. The summed E-state index contributed by atoms with van der Waals surface area (Å²) in [6.07, 6.45) is 0.937. The molecule has 1 atom stereocenters. The van der Waals surface area contributed by atoms with Gasteiger partial charge in [0.25, 0.3) is 0 Å². The molecule has 0 radical (unpaired) electrons. The summed E-state index contributed by atoms with van der Waals surface area (Å²) in [5, 5.41) is 3.43. The van der Waals surface area contributed by atoms with Gasteiger partial charge in [0, 0.05) is 30.5 Å². The second-order valence-corrected chi connectivity index (χ2v) is 3.06. The average Bonchev–Trinajstić information content (AvgIpc) is 2.53. The third-order valence-corrected chi connectivity index (χ3v) is 2.17. The summed E-state index contributed by atoms with van der Waals surface area (Å²) in [6, 6.07) is 0. The van der Waals surface area contributed by atoms with E-state index in [-0.39, 0.29) is 12.6 Å². The number of likely N-dealkylation sites (tertiary alicyclic amines) is 1. The Morgan fingerprint density at radius 2 is 2.50 bits per heavy atom. The van der Waals surface area contributed by atoms with Gasteiger partial charge in [0.1, 0.15) is 0 Å². The zero-order chi connectivity index (χ0) is 8.81. The maximum absolute atomic E-state index is 12.2. The minimum Gasteiger partial charge on any atom is -0.303 e. The van der Waals surface area contributed by atoms with Crippen LogP contribution in [-0.4, -0.2) is 37.8 Å². The minimum atomic E-state index is -0.224. The number of azide groups is 1. The Morgan fingerprint density at radius 3 is 3.08 bits per heavy atom. The monoisotopic (exact) mass is 172 g/mol. The van der Waals surface area contributed by atoms with Crippen molar-refractivity contribution in [2.75, 3.05) is 32.9 Å². The highest BCUT2D eigenvalue weighted by Crippen LogP contribution is 2.15. The Balaban J connectivity index is 2.14. The number of nitrogens with zero attached hydrogens (tertiary/aromatic N) is 4. The molecule has 1 heterocycles. The number of rotatable bonds is 4. The second-order valence-electron chi connectivity index (χ2n) is 3.06. The molecule has 0 aromatic carbocycles. The number of halogens is 1. The third-order valence-electron chi connectivity index (χ3n) is 2.17. The highest BCUT2D eigenvalue weighted by Gasteiger charge is 2.21. The fourth-order valence-electron chi connectivity index (χ4n) is 1.47. The van der Waals surface area contributed by atoms with Crippen molar-refractivity contribution < 1.29 is 4.39 Å². The summed E-state index contributed by atoms with van der Waals surface area (Å²) in [5.74, 6) is 0.205. The van der Waals surface area contributed by atoms with Gasteiger partial charge in [0.05, 0.1) is 6.67 Å². The third kappa shape index (κ3) is 2.68. The van der Waals surface area contributed by atoms with Crippen LogP contribution in [0.25, 0.3) is 10.4 Å². The lowest BCUT2D eigenvalue weighted by Crippen LogP contribution is -2.23. The van der Waals surface area contributed by atoms with E-state index in [1.807, 2.05) is 0 Å². The molecule has 0 saturated carbocycles. The van der Waals surface area contributed by atoms with E-state index in [2.05, 4.69) is 14.9 Å². The quantitative estimate of drug-likeness (QED) is 0.361. The summed E-state index contributed by atoms with van der Waals surface area (Å²) in [5.41, 5.74) is 8.02. The molecule has 1 aliphatic rings. The Kier molecular flexibility index (Phi) is 3.84. The van der Waals surface area contributed by atoms with Gasteiger partial charge < -0.3 is 4.90 Å². The molecule has 0 spiro atoms. The summed E-state index contributed by atoms with van der Waals surface area (Å²) >= 11 is 0. The van der Waals surface area contributed by atoms with Crippen molar-refractivity contribution in [3.63, 3.8) is 0 Å². The molecule has 5 heteroatoms. The highest BCUT2D eigenvalue weighted by molar-refractivity contribution is 4.75. The van der Waals surface area contributed by atoms with Crippen LogP contribution in [0.2, 0.25) is 0 Å². The zero-order valence-corrected chi connectivity index (χ0v) is 6.99. The van der Waals surface area contributed by atoms with Gasteiger partial charge in [-0.05, 0) is 18.5 Å². The van der Waals surface area contributed by atoms with Gasteiger partial charge in [0.2, 0.25) is 0 Å². The van der Waals surface area contributed by atoms with Crippen molar-refractivity contribution in [3.05, 3.63) is 10.4 Å². The maximum Gasteiger partial charge on any atom is 0.0935 e. The lowest BCUT2D eigenvalue weighted by atomic mass is 10.1. The first kappa shape index (κ1) is 9.29. The van der Waals surface area contributed by atoms with E-state index >= 15 is 0 Å². The van der Waals surface area contributed by atoms with Crippen molar-refractivity contribution in [1.82, 2.24) is 4.90 Å². The molecule has 1 fully saturated rings. The van der Waals surface area contributed by atoms with Gasteiger partial charge in [-0.15, -0.1) is 0 Å². The van der Waals surface area contributed by atoms with E-state index < -0.39 is 0 Å². The molecule has 1 saturated heterocycles. The van der Waals surface area contributed by atoms with Crippen molar-refractivity contribution in [3.8, 4) is 0 Å². The van der Waals surface area contributed by atoms with Gasteiger partial charge in [-0.1, -0.05) is 5.11 Å². The van der Waals surface area contributed by atoms with Crippen LogP contribution in [0, 0.1) is 5.92 Å². The van der Waals surface area contributed by atoms with Crippen LogP contribution in [0.1, 0.15) is 6.42 Å². The van der Waals surface area contributed by atoms with Crippen LogP contribution in [0.3, 0.4) is 0 Å². The molecule has 4 nitrogen and oxygen atoms in total. The molecule has 0 bridgehead atoms. The number of hydrogen-bond acceptors (Lipinski definition) is 2. The Labute approximate surface area is 71.0 Å². The first-order valence-electron chi connectivity index (χ1n) is 4.16. The Morgan fingerprint density at radius 1 is 1.67 bits per heavy atom. The summed E-state index contributed by atoms with van der Waals surface area (Å²) < 4.78 is 12.2. The summed E-state index contributed by atoms with van der Waals surface area (Å²) in [6.45, 7) is 2.79. The lowest BCUT2D eigenvalue weighted by Gasteiger charge is -2.12. The molecule has 0 aromatic rings. The van der Waals surface area contributed by atoms with Crippen LogP contribution in [0.4, 0.5) is 4.39 Å². The van der Waals surface area contributed by atoms with Crippen molar-refractivity contribution in [1.29, 1.82) is 0 Å². The predicted molar refractivity (Wildman–Crippen MR) is 44.5 cm³/mol. The van der Waals surface area contributed by atoms with Crippen LogP contribution in [-0.2, 0) is 0 Å². The van der Waals surface area contributed by atoms with E-state index in [0.29, 0.717) is 6.54 Å². The standard InChI is InChI=1S/C7H13FN4/c8-5-7-1-3-12(6-7)4-2-10-11-9/h7H,1-6H2/t7-/m0/s1. The highest BCUT2D eigenvalue weighted by atomic mass is 19.1. The molecule has 1 aliphatic heterocycles. The molecule has 0 aromatic heterocycles. The van der Waals surface area contributed by atoms with Crippen LogP contribution in [0.15, 0.2) is 5.11 Å². The first-order valence-corrected chi connectivity index (χ1v) is 4.16. The van der Waals surface area contributed by atoms with E-state index in [1.165, 1.54) is 0 Å². The predicted octanol–water partition coefficient (Wildman–Crippen LogP) is 1.59. The average molecular weight is 172 g/mol. The van der Waals surface area contributed by atoms with Crippen LogP contribution >= 0.6 is 0 Å². The molecular formula is C7H13FN4. The SMILES string of the molecule is [N-]=[N+]=NCCN1CC[C@@H](CF)C1. The van der Waals surface area contributed by atoms with Crippen molar-refractivity contribution >= 4 is 0 Å². The van der Waals surface area contributed by atoms with Crippen molar-refractivity contribution in [2.24, 2.45) is 11.0 Å². The van der Waals surface area contributed by atoms with Gasteiger partial charge in [-0.3, -0.25) is 4.39 Å². The summed E-state index contributed by atoms with van der Waals surface area (Å²) in [4.78, 5) is 4.80. The molecule has 0 N–H and O–H groups in total. The minimum absolute atomic E-state index is 0.205. The van der Waals surface area contributed by atoms with E-state index in [4.69, 9.17) is 5.53 Å². The molecule has 0 unspecified atom stereocenters. The fraction of sp³-hybridized carbons (Fsp3) is 1.00. The molecular weight excluding hydrogens is 159 g/mol. The van der Waals surface area contributed by atoms with E-state index in [0.717, 1.165) is 26.1 Å². The topological polar surface area (TPSA) is 52.0 Å². The fourth-order valence-corrected chi connectivity index (χ4v) is 1.47. The van der Waals surface area contributed by atoms with Crippen LogP contribution < -0.4 is 0 Å². The lowest BCUT2D eigenvalue weighted by molar-refractivity contribution is 0.309. The smallest absolute Gasteiger partial charge is 0.0935 e. The Hall–Kier alpha value is -0.800. The van der Waals surface area contributed by atoms with E-state index in [1.54, 1.807) is 0 Å². The first-order chi connectivity index (χ1) is 5.86. The van der Waals surface area contributed by atoms with Gasteiger partial charge in [-0.2, -0.15) is 0 Å². The van der Waals surface area contributed by atoms with Gasteiger partial charge in [0.15, 0.2) is 0 Å². The normalized spacial score (nSPS) is 23.9. The molecule has 68 valence electrons. The van der Waals surface area contributed by atoms with Gasteiger partial charge >= 0.3 is 0 Å². The molecule has 0 amide bonds. The van der Waals surface area contributed by atoms with E-state index in [9.17, 15) is 4.39 Å². The van der Waals surface area contributed by atoms with Gasteiger partial charge in [-0.25, -0.2) is 0 Å². The van der Waals surface area contributed by atoms with Crippen LogP contribution in [0.5, 0.6) is 0 Å². The molecule has 0 aliphatic carbocycles. The second kappa shape index (κ2) is 4.95. The summed E-state index contributed by atoms with van der Waals surface area (Å²) in [7, 11) is 0. The Bertz CT molecular complexity index is 178. The molecule has 1 rings (SSSR count). The zero-order valence-electron chi connectivity index (χ0n) is 6.99. The van der Waals surface area contributed by atoms with Crippen molar-refractivity contribution in [2.45, 2.75) is 6.42 Å². The maximum atomic E-state index is 12.2. The number of hydrogen-bond donors (Lipinski definition) is 0. The number of alkyl halides is 1.